The molecule has 1 unspecified atom stereocenters. The van der Waals surface area contributed by atoms with Gasteiger partial charge in [0.05, 0.1) is 17.9 Å². The van der Waals surface area contributed by atoms with E-state index in [-0.39, 0.29) is 24.2 Å². The van der Waals surface area contributed by atoms with Gasteiger partial charge in [-0.25, -0.2) is 0 Å². The van der Waals surface area contributed by atoms with E-state index in [2.05, 4.69) is 15.7 Å². The highest BCUT2D eigenvalue weighted by atomic mass is 16.3. The number of amides is 1. The number of nitrogens with zero attached hydrogens (tertiary/aromatic N) is 2. The third-order valence-electron chi connectivity index (χ3n) is 3.28. The molecule has 1 aromatic heterocycles. The second-order valence-electron chi connectivity index (χ2n) is 4.76. The van der Waals surface area contributed by atoms with Crippen molar-refractivity contribution in [1.29, 1.82) is 0 Å². The Balaban J connectivity index is 2.09. The molecular formula is C15H20N4O2. The number of rotatable bonds is 6. The molecule has 0 saturated carbocycles. The van der Waals surface area contributed by atoms with Gasteiger partial charge in [-0.15, -0.1) is 0 Å². The number of phenols is 1. The van der Waals surface area contributed by atoms with Crippen molar-refractivity contribution in [3.8, 4) is 5.75 Å². The van der Waals surface area contributed by atoms with Crippen LogP contribution in [0.2, 0.25) is 0 Å². The Kier molecular flexibility index (Phi) is 4.81. The Bertz CT molecular complexity index is 609. The second kappa shape index (κ2) is 6.78. The maximum Gasteiger partial charge on any atom is 0.241 e. The van der Waals surface area contributed by atoms with Crippen molar-refractivity contribution in [2.24, 2.45) is 0 Å². The van der Waals surface area contributed by atoms with Crippen molar-refractivity contribution >= 4 is 11.6 Å². The van der Waals surface area contributed by atoms with Crippen LogP contribution in [0.15, 0.2) is 36.7 Å². The largest absolute Gasteiger partial charge is 0.508 e. The van der Waals surface area contributed by atoms with Crippen LogP contribution < -0.4 is 10.6 Å². The van der Waals surface area contributed by atoms with E-state index >= 15 is 0 Å². The number of aromatic nitrogens is 2. The average Bonchev–Trinajstić information content (AvgIpc) is 2.92. The molecule has 21 heavy (non-hydrogen) atoms. The van der Waals surface area contributed by atoms with Gasteiger partial charge >= 0.3 is 0 Å². The van der Waals surface area contributed by atoms with Crippen LogP contribution in [0.1, 0.15) is 24.9 Å². The zero-order valence-electron chi connectivity index (χ0n) is 12.2. The normalized spacial score (nSPS) is 11.9. The minimum absolute atomic E-state index is 0.0103. The highest BCUT2D eigenvalue weighted by Crippen LogP contribution is 2.28. The van der Waals surface area contributed by atoms with Gasteiger partial charge in [0.1, 0.15) is 12.3 Å². The minimum Gasteiger partial charge on any atom is -0.508 e. The predicted octanol–water partition coefficient (Wildman–Crippen LogP) is 1.90. The van der Waals surface area contributed by atoms with Gasteiger partial charge in [0, 0.05) is 18.8 Å². The molecule has 6 nitrogen and oxygen atoms in total. The summed E-state index contributed by atoms with van der Waals surface area (Å²) in [5, 5.41) is 19.9. The van der Waals surface area contributed by atoms with Gasteiger partial charge in [0.2, 0.25) is 5.91 Å². The molecule has 0 fully saturated rings. The van der Waals surface area contributed by atoms with Crippen molar-refractivity contribution in [1.82, 2.24) is 15.1 Å². The van der Waals surface area contributed by atoms with Gasteiger partial charge in [0.15, 0.2) is 0 Å². The molecule has 2 aromatic rings. The molecule has 0 saturated heterocycles. The first-order valence-electron chi connectivity index (χ1n) is 6.91. The summed E-state index contributed by atoms with van der Waals surface area (Å²) < 4.78 is 1.57. The number of carbonyl (C=O) groups is 1. The summed E-state index contributed by atoms with van der Waals surface area (Å²) in [4.78, 5) is 11.3. The van der Waals surface area contributed by atoms with Crippen LogP contribution in [0.3, 0.4) is 0 Å². The van der Waals surface area contributed by atoms with Crippen LogP contribution in [0.4, 0.5) is 5.69 Å². The van der Waals surface area contributed by atoms with Crippen molar-refractivity contribution in [3.63, 3.8) is 0 Å². The molecule has 0 aliphatic carbocycles. The van der Waals surface area contributed by atoms with Gasteiger partial charge in [-0.3, -0.25) is 9.48 Å². The molecule has 6 heteroatoms. The molecule has 1 atom stereocenters. The monoisotopic (exact) mass is 288 g/mol. The lowest BCUT2D eigenvalue weighted by atomic mass is 10.0. The third kappa shape index (κ3) is 3.75. The quantitative estimate of drug-likeness (QED) is 0.758. The van der Waals surface area contributed by atoms with Crippen LogP contribution in [-0.4, -0.2) is 27.8 Å². The summed E-state index contributed by atoms with van der Waals surface area (Å²) in [6, 6.07) is 7.26. The Morgan fingerprint density at radius 1 is 1.43 bits per heavy atom. The lowest BCUT2D eigenvalue weighted by Gasteiger charge is -2.18. The number of aromatic hydroxyl groups is 1. The molecule has 0 bridgehead atoms. The zero-order valence-corrected chi connectivity index (χ0v) is 12.2. The number of phenolic OH excluding ortho intramolecular Hbond substituents is 1. The lowest BCUT2D eigenvalue weighted by molar-refractivity contribution is -0.121. The number of anilines is 1. The van der Waals surface area contributed by atoms with E-state index < -0.39 is 0 Å². The Morgan fingerprint density at radius 3 is 2.86 bits per heavy atom. The molecule has 3 N–H and O–H groups in total. The van der Waals surface area contributed by atoms with Crippen LogP contribution in [0.5, 0.6) is 5.75 Å². The Morgan fingerprint density at radius 2 is 2.19 bits per heavy atom. The second-order valence-corrected chi connectivity index (χ2v) is 4.76. The van der Waals surface area contributed by atoms with Gasteiger partial charge < -0.3 is 15.7 Å². The predicted molar refractivity (Wildman–Crippen MR) is 81.1 cm³/mol. The summed E-state index contributed by atoms with van der Waals surface area (Å²) in [5.41, 5.74) is 1.66. The lowest BCUT2D eigenvalue weighted by Crippen LogP contribution is -2.23. The van der Waals surface area contributed by atoms with Crippen molar-refractivity contribution in [3.05, 3.63) is 42.2 Å². The summed E-state index contributed by atoms with van der Waals surface area (Å²) >= 11 is 0. The molecular weight excluding hydrogens is 268 g/mol. The number of benzene rings is 1. The van der Waals surface area contributed by atoms with E-state index in [1.165, 1.54) is 0 Å². The topological polar surface area (TPSA) is 79.2 Å². The molecule has 1 aromatic carbocycles. The first kappa shape index (κ1) is 14.9. The summed E-state index contributed by atoms with van der Waals surface area (Å²) in [6.07, 6.45) is 4.27. The summed E-state index contributed by atoms with van der Waals surface area (Å²) in [5.74, 6) is 0.173. The highest BCUT2D eigenvalue weighted by Gasteiger charge is 2.14. The maximum absolute atomic E-state index is 11.3. The Labute approximate surface area is 123 Å². The maximum atomic E-state index is 11.3. The number of likely N-dealkylation sites (N-methyl/N-ethyl adjacent to an activating group) is 1. The summed E-state index contributed by atoms with van der Waals surface area (Å²) in [7, 11) is 1.59. The number of hydrogen-bond donors (Lipinski definition) is 3. The van der Waals surface area contributed by atoms with Crippen LogP contribution in [0, 0.1) is 0 Å². The van der Waals surface area contributed by atoms with E-state index in [9.17, 15) is 9.90 Å². The van der Waals surface area contributed by atoms with E-state index in [0.29, 0.717) is 0 Å². The smallest absolute Gasteiger partial charge is 0.241 e. The molecule has 2 rings (SSSR count). The van der Waals surface area contributed by atoms with Crippen LogP contribution >= 0.6 is 0 Å². The molecule has 1 heterocycles. The van der Waals surface area contributed by atoms with E-state index in [4.69, 9.17) is 0 Å². The molecule has 112 valence electrons. The standard InChI is InChI=1S/C15H20N4O2/c1-3-13(12-6-4-5-7-14(12)20)18-11-8-17-19(9-11)10-15(21)16-2/h4-9,13,18,20H,3,10H2,1-2H3,(H,16,21). The van der Waals surface area contributed by atoms with Gasteiger partial charge in [-0.1, -0.05) is 25.1 Å². The van der Waals surface area contributed by atoms with Crippen molar-refractivity contribution in [2.45, 2.75) is 25.9 Å². The van der Waals surface area contributed by atoms with Crippen LogP contribution in [-0.2, 0) is 11.3 Å². The summed E-state index contributed by atoms with van der Waals surface area (Å²) in [6.45, 7) is 2.23. The highest BCUT2D eigenvalue weighted by molar-refractivity contribution is 5.75. The van der Waals surface area contributed by atoms with Gasteiger partial charge in [0.25, 0.3) is 0 Å². The number of carbonyl (C=O) groups excluding carboxylic acids is 1. The number of hydrogen-bond acceptors (Lipinski definition) is 4. The van der Waals surface area contributed by atoms with E-state index in [0.717, 1.165) is 17.7 Å². The third-order valence-corrected chi connectivity index (χ3v) is 3.28. The molecule has 1 amide bonds. The van der Waals surface area contributed by atoms with E-state index in [1.807, 2.05) is 19.1 Å². The number of para-hydroxylation sites is 1. The van der Waals surface area contributed by atoms with E-state index in [1.54, 1.807) is 36.3 Å². The molecule has 0 aliphatic heterocycles. The van der Waals surface area contributed by atoms with Gasteiger partial charge in [-0.2, -0.15) is 5.10 Å². The zero-order chi connectivity index (χ0) is 15.2. The first-order valence-corrected chi connectivity index (χ1v) is 6.91. The van der Waals surface area contributed by atoms with Crippen molar-refractivity contribution < 1.29 is 9.90 Å². The fraction of sp³-hybridized carbons (Fsp3) is 0.333. The average molecular weight is 288 g/mol. The van der Waals surface area contributed by atoms with Crippen molar-refractivity contribution in [2.75, 3.05) is 12.4 Å². The van der Waals surface area contributed by atoms with Crippen LogP contribution in [0.25, 0.3) is 0 Å². The molecule has 0 spiro atoms. The minimum atomic E-state index is -0.0996. The first-order chi connectivity index (χ1) is 10.1. The number of nitrogens with one attached hydrogen (secondary N) is 2. The fourth-order valence-electron chi connectivity index (χ4n) is 2.13. The Hall–Kier alpha value is -2.50. The molecule has 0 aliphatic rings. The molecule has 0 radical (unpaired) electrons. The van der Waals surface area contributed by atoms with Gasteiger partial charge in [-0.05, 0) is 12.5 Å². The fourth-order valence-corrected chi connectivity index (χ4v) is 2.13. The SMILES string of the molecule is CCC(Nc1cnn(CC(=O)NC)c1)c1ccccc1O.